The minimum atomic E-state index is 0.143. The van der Waals surface area contributed by atoms with E-state index in [1.54, 1.807) is 24.0 Å². The third-order valence-corrected chi connectivity index (χ3v) is 12.5. The van der Waals surface area contributed by atoms with Crippen molar-refractivity contribution < 1.29 is 9.47 Å². The van der Waals surface area contributed by atoms with E-state index in [0.29, 0.717) is 0 Å². The van der Waals surface area contributed by atoms with Gasteiger partial charge in [0.1, 0.15) is 11.5 Å². The van der Waals surface area contributed by atoms with Crippen LogP contribution in [0.25, 0.3) is 11.1 Å². The number of hydrogen-bond donors (Lipinski definition) is 0. The Morgan fingerprint density at radius 2 is 1.22 bits per heavy atom. The smallest absolute Gasteiger partial charge is 0.119 e. The van der Waals surface area contributed by atoms with Gasteiger partial charge in [-0.05, 0) is 152 Å². The average Bonchev–Trinajstić information content (AvgIpc) is 3.71. The van der Waals surface area contributed by atoms with Crippen LogP contribution in [0.1, 0.15) is 57.1 Å². The second-order valence-corrected chi connectivity index (χ2v) is 13.3. The van der Waals surface area contributed by atoms with Gasteiger partial charge in [-0.15, -0.1) is 0 Å². The topological polar surface area (TPSA) is 18.5 Å². The summed E-state index contributed by atoms with van der Waals surface area (Å²) in [5.41, 5.74) is 6.14. The van der Waals surface area contributed by atoms with E-state index in [1.165, 1.54) is 30.4 Å². The maximum absolute atomic E-state index is 6.05. The lowest BCUT2D eigenvalue weighted by Crippen LogP contribution is -2.33. The molecule has 9 rings (SSSR count). The third-order valence-electron chi connectivity index (χ3n) is 12.5. The number of benzene rings is 2. The fourth-order valence-electron chi connectivity index (χ4n) is 11.8. The highest BCUT2D eigenvalue weighted by Gasteiger charge is 2.70. The Bertz CT molecular complexity index is 1230. The van der Waals surface area contributed by atoms with E-state index in [4.69, 9.17) is 9.47 Å². The Balaban J connectivity index is 1.14. The summed E-state index contributed by atoms with van der Waals surface area (Å²) >= 11 is 0. The highest BCUT2D eigenvalue weighted by molar-refractivity contribution is 5.82. The van der Waals surface area contributed by atoms with Crippen molar-refractivity contribution in [1.29, 1.82) is 0 Å². The van der Waals surface area contributed by atoms with Crippen molar-refractivity contribution >= 4 is 0 Å². The quantitative estimate of drug-likeness (QED) is 0.424. The Morgan fingerprint density at radius 1 is 0.639 bits per heavy atom. The van der Waals surface area contributed by atoms with Gasteiger partial charge < -0.3 is 9.47 Å². The molecule has 2 heteroatoms. The van der Waals surface area contributed by atoms with E-state index in [0.717, 1.165) is 83.9 Å². The van der Waals surface area contributed by atoms with Crippen molar-refractivity contribution in [3.05, 3.63) is 59.7 Å². The maximum Gasteiger partial charge on any atom is 0.119 e. The van der Waals surface area contributed by atoms with Crippen LogP contribution in [-0.4, -0.2) is 13.2 Å². The molecular weight excluding hydrogens is 440 g/mol. The van der Waals surface area contributed by atoms with Gasteiger partial charge in [0.05, 0.1) is 13.2 Å². The largest absolute Gasteiger partial charge is 0.494 e. The van der Waals surface area contributed by atoms with E-state index < -0.39 is 0 Å². The van der Waals surface area contributed by atoms with Crippen LogP contribution in [0.3, 0.4) is 0 Å². The fourth-order valence-corrected chi connectivity index (χ4v) is 11.8. The molecule has 10 unspecified atom stereocenters. The van der Waals surface area contributed by atoms with E-state index in [1.807, 2.05) is 0 Å². The molecule has 0 saturated heterocycles. The second kappa shape index (κ2) is 7.00. The van der Waals surface area contributed by atoms with Gasteiger partial charge in [-0.1, -0.05) is 24.3 Å². The van der Waals surface area contributed by atoms with Crippen molar-refractivity contribution in [2.45, 2.75) is 51.4 Å². The molecule has 5 saturated carbocycles. The summed E-state index contributed by atoms with van der Waals surface area (Å²) < 4.78 is 12.1. The predicted molar refractivity (Wildman–Crippen MR) is 142 cm³/mol. The highest BCUT2D eigenvalue weighted by atomic mass is 16.5. The molecule has 0 aliphatic heterocycles. The molecule has 1 spiro atoms. The molecule has 0 amide bonds. The van der Waals surface area contributed by atoms with E-state index in [9.17, 15) is 0 Å². The first kappa shape index (κ1) is 20.8. The fraction of sp³-hybridized carbons (Fsp3) is 0.588. The van der Waals surface area contributed by atoms with Crippen LogP contribution in [0.5, 0.6) is 11.5 Å². The van der Waals surface area contributed by atoms with Gasteiger partial charge in [-0.25, -0.2) is 0 Å². The summed E-state index contributed by atoms with van der Waals surface area (Å²) in [5.74, 6) is 11.8. The standard InChI is InChI=1S/C34H38O2/c1-3-35-20-7-9-22-23-10-8-21(36-4-2)13-31(23)34(30(22)12-20)16-28-25-15-27(29(28)17-34)33-26(25)14-24-18-5-6-19(11-18)32(24)33/h5-10,12-13,18-19,24-29,32-33H,3-4,11,14-17H2,1-2H3. The summed E-state index contributed by atoms with van der Waals surface area (Å²) in [6, 6.07) is 13.9. The van der Waals surface area contributed by atoms with Crippen molar-refractivity contribution in [2.24, 2.45) is 59.2 Å². The van der Waals surface area contributed by atoms with Crippen LogP contribution in [0.4, 0.5) is 0 Å². The Morgan fingerprint density at radius 3 is 1.89 bits per heavy atom. The minimum absolute atomic E-state index is 0.143. The van der Waals surface area contributed by atoms with Crippen LogP contribution >= 0.6 is 0 Å². The first-order valence-corrected chi connectivity index (χ1v) is 14.9. The summed E-state index contributed by atoms with van der Waals surface area (Å²) in [6.45, 7) is 5.65. The van der Waals surface area contributed by atoms with Crippen LogP contribution in [0.15, 0.2) is 48.6 Å². The summed E-state index contributed by atoms with van der Waals surface area (Å²) in [4.78, 5) is 0. The lowest BCUT2D eigenvalue weighted by Gasteiger charge is -2.38. The monoisotopic (exact) mass is 478 g/mol. The van der Waals surface area contributed by atoms with Crippen molar-refractivity contribution in [1.82, 2.24) is 0 Å². The van der Waals surface area contributed by atoms with Gasteiger partial charge in [0.2, 0.25) is 0 Å². The number of ether oxygens (including phenoxy) is 2. The number of rotatable bonds is 4. The van der Waals surface area contributed by atoms with Gasteiger partial charge >= 0.3 is 0 Å². The zero-order chi connectivity index (χ0) is 23.8. The SMILES string of the molecule is CCOc1ccc2c(c1)C1(CC3C(C1)C1CC3C3CC4C5C=CC(C5)C4C13)c1cc(OCC)ccc1-2. The van der Waals surface area contributed by atoms with Crippen molar-refractivity contribution in [3.8, 4) is 22.6 Å². The molecule has 2 aromatic carbocycles. The first-order valence-electron chi connectivity index (χ1n) is 14.9. The van der Waals surface area contributed by atoms with Gasteiger partial charge in [-0.3, -0.25) is 0 Å². The lowest BCUT2D eigenvalue weighted by atomic mass is 9.67. The lowest BCUT2D eigenvalue weighted by molar-refractivity contribution is 0.102. The molecule has 0 radical (unpaired) electrons. The highest BCUT2D eigenvalue weighted by Crippen LogP contribution is 2.77. The van der Waals surface area contributed by atoms with E-state index >= 15 is 0 Å². The Labute approximate surface area is 215 Å². The Hall–Kier alpha value is -2.22. The zero-order valence-corrected chi connectivity index (χ0v) is 21.7. The molecule has 36 heavy (non-hydrogen) atoms. The number of allylic oxidation sites excluding steroid dienone is 2. The van der Waals surface area contributed by atoms with Crippen LogP contribution < -0.4 is 9.47 Å². The first-order chi connectivity index (χ1) is 17.7. The molecule has 7 aliphatic carbocycles. The molecule has 0 N–H and O–H groups in total. The van der Waals surface area contributed by atoms with Crippen LogP contribution in [0, 0.1) is 59.2 Å². The maximum atomic E-state index is 6.05. The van der Waals surface area contributed by atoms with Crippen LogP contribution in [-0.2, 0) is 5.41 Å². The van der Waals surface area contributed by atoms with Crippen molar-refractivity contribution in [3.63, 3.8) is 0 Å². The zero-order valence-electron chi connectivity index (χ0n) is 21.7. The summed E-state index contributed by atoms with van der Waals surface area (Å²) in [6.07, 6.45) is 12.5. The molecule has 0 aromatic heterocycles. The van der Waals surface area contributed by atoms with Gasteiger partial charge in [-0.2, -0.15) is 0 Å². The third kappa shape index (κ3) is 2.37. The van der Waals surface area contributed by atoms with E-state index in [-0.39, 0.29) is 5.41 Å². The van der Waals surface area contributed by atoms with Crippen molar-refractivity contribution in [2.75, 3.05) is 13.2 Å². The number of hydrogen-bond acceptors (Lipinski definition) is 2. The molecule has 0 heterocycles. The molecule has 2 nitrogen and oxygen atoms in total. The number of fused-ring (bicyclic) bond motifs is 19. The molecule has 7 aliphatic rings. The predicted octanol–water partition coefficient (Wildman–Crippen LogP) is 7.50. The molecule has 10 atom stereocenters. The molecule has 5 fully saturated rings. The normalized spacial score (nSPS) is 42.5. The minimum Gasteiger partial charge on any atom is -0.494 e. The van der Waals surface area contributed by atoms with Crippen LogP contribution in [0.2, 0.25) is 0 Å². The van der Waals surface area contributed by atoms with Gasteiger partial charge in [0.15, 0.2) is 0 Å². The molecule has 186 valence electrons. The van der Waals surface area contributed by atoms with E-state index in [2.05, 4.69) is 62.4 Å². The van der Waals surface area contributed by atoms with Gasteiger partial charge in [0.25, 0.3) is 0 Å². The molecule has 4 bridgehead atoms. The summed E-state index contributed by atoms with van der Waals surface area (Å²) in [5, 5.41) is 0. The Kier molecular flexibility index (Phi) is 4.04. The van der Waals surface area contributed by atoms with Gasteiger partial charge in [0, 0.05) is 5.41 Å². The molecule has 2 aromatic rings. The molecular formula is C34H38O2. The summed E-state index contributed by atoms with van der Waals surface area (Å²) in [7, 11) is 0. The average molecular weight is 479 g/mol. The second-order valence-electron chi connectivity index (χ2n) is 13.3.